The number of aromatic hydroxyl groups is 1. The van der Waals surface area contributed by atoms with Crippen molar-refractivity contribution in [2.45, 2.75) is 26.7 Å². The van der Waals surface area contributed by atoms with Crippen LogP contribution in [0.5, 0.6) is 5.75 Å². The van der Waals surface area contributed by atoms with E-state index in [4.69, 9.17) is 0 Å². The second-order valence-electron chi connectivity index (χ2n) is 4.16. The number of carbonyl (C=O) groups is 2. The van der Waals surface area contributed by atoms with Crippen LogP contribution in [0, 0.1) is 0 Å². The van der Waals surface area contributed by atoms with E-state index in [9.17, 15) is 14.7 Å². The van der Waals surface area contributed by atoms with Gasteiger partial charge in [0.05, 0.1) is 5.69 Å². The van der Waals surface area contributed by atoms with Gasteiger partial charge in [0.2, 0.25) is 0 Å². The maximum absolute atomic E-state index is 11.8. The first-order valence-electron chi connectivity index (χ1n) is 5.99. The molecule has 2 rings (SSSR count). The highest BCUT2D eigenvalue weighted by Crippen LogP contribution is 2.32. The van der Waals surface area contributed by atoms with Gasteiger partial charge in [-0.25, -0.2) is 4.90 Å². The van der Waals surface area contributed by atoms with Gasteiger partial charge in [-0.2, -0.15) is 0 Å². The fourth-order valence-corrected chi connectivity index (χ4v) is 2.19. The van der Waals surface area contributed by atoms with Crippen LogP contribution in [0.2, 0.25) is 0 Å². The van der Waals surface area contributed by atoms with Crippen molar-refractivity contribution in [2.75, 3.05) is 4.90 Å². The van der Waals surface area contributed by atoms with Gasteiger partial charge in [0.15, 0.2) is 0 Å². The molecule has 0 aromatic heterocycles. The lowest BCUT2D eigenvalue weighted by Crippen LogP contribution is -2.31. The molecule has 1 N–H and O–H groups in total. The van der Waals surface area contributed by atoms with Crippen molar-refractivity contribution in [2.24, 2.45) is 0 Å². The molecule has 1 aliphatic rings. The molecule has 0 unspecified atom stereocenters. The van der Waals surface area contributed by atoms with Crippen molar-refractivity contribution in [3.63, 3.8) is 0 Å². The lowest BCUT2D eigenvalue weighted by atomic mass is 10.0. The summed E-state index contributed by atoms with van der Waals surface area (Å²) in [6.45, 7) is 3.85. The molecule has 0 aliphatic carbocycles. The zero-order valence-corrected chi connectivity index (χ0v) is 10.4. The lowest BCUT2D eigenvalue weighted by Gasteiger charge is -2.21. The third kappa shape index (κ3) is 1.90. The van der Waals surface area contributed by atoms with Crippen LogP contribution in [-0.4, -0.2) is 16.9 Å². The smallest absolute Gasteiger partial charge is 0.258 e. The first-order valence-corrected chi connectivity index (χ1v) is 5.99. The Morgan fingerprint density at radius 3 is 1.83 bits per heavy atom. The fraction of sp³-hybridized carbons (Fsp3) is 0.286. The highest BCUT2D eigenvalue weighted by molar-refractivity contribution is 6.28. The molecule has 0 fully saturated rings. The number of amides is 2. The maximum Gasteiger partial charge on any atom is 0.258 e. The minimum Gasteiger partial charge on any atom is -0.508 e. The van der Waals surface area contributed by atoms with Gasteiger partial charge in [0.1, 0.15) is 5.75 Å². The van der Waals surface area contributed by atoms with E-state index in [0.717, 1.165) is 11.1 Å². The van der Waals surface area contributed by atoms with Gasteiger partial charge in [-0.1, -0.05) is 13.8 Å². The summed E-state index contributed by atoms with van der Waals surface area (Å²) in [4.78, 5) is 24.7. The average molecular weight is 245 g/mol. The molecule has 2 amide bonds. The average Bonchev–Trinajstić information content (AvgIpc) is 2.68. The predicted molar refractivity (Wildman–Crippen MR) is 68.5 cm³/mol. The lowest BCUT2D eigenvalue weighted by molar-refractivity contribution is -0.120. The highest BCUT2D eigenvalue weighted by Gasteiger charge is 2.28. The molecule has 0 saturated heterocycles. The van der Waals surface area contributed by atoms with Gasteiger partial charge < -0.3 is 5.11 Å². The van der Waals surface area contributed by atoms with E-state index in [1.165, 1.54) is 17.1 Å². The van der Waals surface area contributed by atoms with Crippen molar-refractivity contribution in [3.8, 4) is 5.75 Å². The largest absolute Gasteiger partial charge is 0.508 e. The van der Waals surface area contributed by atoms with Crippen LogP contribution in [0.4, 0.5) is 5.69 Å². The van der Waals surface area contributed by atoms with Crippen molar-refractivity contribution in [1.29, 1.82) is 0 Å². The van der Waals surface area contributed by atoms with Gasteiger partial charge in [-0.3, -0.25) is 9.59 Å². The number of benzene rings is 1. The molecule has 0 bridgehead atoms. The third-order valence-electron chi connectivity index (χ3n) is 3.05. The van der Waals surface area contributed by atoms with E-state index in [1.807, 2.05) is 13.8 Å². The van der Waals surface area contributed by atoms with Crippen LogP contribution in [0.25, 0.3) is 0 Å². The summed E-state index contributed by atoms with van der Waals surface area (Å²) in [7, 11) is 0. The van der Waals surface area contributed by atoms with E-state index in [-0.39, 0.29) is 17.6 Å². The summed E-state index contributed by atoms with van der Waals surface area (Å²) >= 11 is 0. The van der Waals surface area contributed by atoms with Crippen LogP contribution in [0.3, 0.4) is 0 Å². The van der Waals surface area contributed by atoms with Crippen molar-refractivity contribution >= 4 is 17.5 Å². The Morgan fingerprint density at radius 2 is 1.44 bits per heavy atom. The Morgan fingerprint density at radius 1 is 1.00 bits per heavy atom. The summed E-state index contributed by atoms with van der Waals surface area (Å²) in [5.41, 5.74) is 2.23. The van der Waals surface area contributed by atoms with Crippen LogP contribution in [-0.2, 0) is 22.4 Å². The van der Waals surface area contributed by atoms with Gasteiger partial charge in [0.25, 0.3) is 11.8 Å². The number of phenolic OH excluding ortho intramolecular Hbond substituents is 1. The van der Waals surface area contributed by atoms with Gasteiger partial charge in [0, 0.05) is 12.2 Å². The van der Waals surface area contributed by atoms with E-state index in [2.05, 4.69) is 0 Å². The van der Waals surface area contributed by atoms with E-state index in [0.29, 0.717) is 18.5 Å². The van der Waals surface area contributed by atoms with Crippen LogP contribution in [0.1, 0.15) is 25.0 Å². The predicted octanol–water partition coefficient (Wildman–Crippen LogP) is 1.95. The van der Waals surface area contributed by atoms with Crippen molar-refractivity contribution < 1.29 is 14.7 Å². The van der Waals surface area contributed by atoms with Crippen LogP contribution in [0.15, 0.2) is 24.3 Å². The van der Waals surface area contributed by atoms with Crippen molar-refractivity contribution in [3.05, 3.63) is 35.4 Å². The van der Waals surface area contributed by atoms with E-state index < -0.39 is 0 Å². The number of hydrogen-bond donors (Lipinski definition) is 1. The molecule has 0 spiro atoms. The number of hydrogen-bond acceptors (Lipinski definition) is 3. The molecule has 0 atom stereocenters. The molecular formula is C14H15NO3. The van der Waals surface area contributed by atoms with Crippen molar-refractivity contribution in [1.82, 2.24) is 0 Å². The second kappa shape index (κ2) is 4.64. The summed E-state index contributed by atoms with van der Waals surface area (Å²) in [6.07, 6.45) is 3.84. The molecule has 1 aliphatic heterocycles. The fourth-order valence-electron chi connectivity index (χ4n) is 2.19. The second-order valence-corrected chi connectivity index (χ2v) is 4.16. The van der Waals surface area contributed by atoms with Gasteiger partial charge in [-0.05, 0) is 36.1 Å². The number of phenols is 1. The van der Waals surface area contributed by atoms with Crippen LogP contribution >= 0.6 is 0 Å². The third-order valence-corrected chi connectivity index (χ3v) is 3.05. The molecule has 1 aromatic rings. The first-order chi connectivity index (χ1) is 8.58. The topological polar surface area (TPSA) is 57.6 Å². The standard InChI is InChI=1S/C14H15NO3/c1-3-9-7-11(16)8-10(4-2)14(9)15-12(17)5-6-13(15)18/h5-8,16H,3-4H2,1-2H3. The van der Waals surface area contributed by atoms with Gasteiger partial charge >= 0.3 is 0 Å². The summed E-state index contributed by atoms with van der Waals surface area (Å²) in [6, 6.07) is 3.21. The Bertz CT molecular complexity index is 503. The zero-order valence-electron chi connectivity index (χ0n) is 10.4. The monoisotopic (exact) mass is 245 g/mol. The Balaban J connectivity index is 2.62. The normalized spacial score (nSPS) is 14.7. The minimum absolute atomic E-state index is 0.166. The SMILES string of the molecule is CCc1cc(O)cc(CC)c1N1C(=O)C=CC1=O. The Hall–Kier alpha value is -2.10. The highest BCUT2D eigenvalue weighted by atomic mass is 16.3. The molecule has 18 heavy (non-hydrogen) atoms. The maximum atomic E-state index is 11.8. The number of aryl methyl sites for hydroxylation is 2. The zero-order chi connectivity index (χ0) is 13.3. The Kier molecular flexibility index (Phi) is 3.19. The van der Waals surface area contributed by atoms with Gasteiger partial charge in [-0.15, -0.1) is 0 Å². The number of imide groups is 1. The quantitative estimate of drug-likeness (QED) is 0.828. The molecule has 0 saturated carbocycles. The van der Waals surface area contributed by atoms with E-state index >= 15 is 0 Å². The summed E-state index contributed by atoms with van der Waals surface area (Å²) < 4.78 is 0. The molecule has 4 nitrogen and oxygen atoms in total. The number of anilines is 1. The molecular weight excluding hydrogens is 230 g/mol. The minimum atomic E-state index is -0.324. The van der Waals surface area contributed by atoms with E-state index in [1.54, 1.807) is 12.1 Å². The van der Waals surface area contributed by atoms with Crippen LogP contribution < -0.4 is 4.90 Å². The Labute approximate surface area is 106 Å². The number of nitrogens with zero attached hydrogens (tertiary/aromatic N) is 1. The molecule has 4 heteroatoms. The first kappa shape index (κ1) is 12.4. The molecule has 1 aromatic carbocycles. The molecule has 0 radical (unpaired) electrons. The molecule has 1 heterocycles. The summed E-state index contributed by atoms with van der Waals surface area (Å²) in [5.74, 6) is -0.482. The number of carbonyl (C=O) groups excluding carboxylic acids is 2. The summed E-state index contributed by atoms with van der Waals surface area (Å²) in [5, 5.41) is 9.65. The molecule has 94 valence electrons. The number of rotatable bonds is 3.